The van der Waals surface area contributed by atoms with E-state index in [0.717, 1.165) is 27.7 Å². The van der Waals surface area contributed by atoms with Gasteiger partial charge in [-0.25, -0.2) is 12.4 Å². The van der Waals surface area contributed by atoms with Crippen molar-refractivity contribution in [3.8, 4) is 0 Å². The van der Waals surface area contributed by atoms with Crippen molar-refractivity contribution in [1.29, 1.82) is 0 Å². The second kappa shape index (κ2) is 7.93. The minimum Gasteiger partial charge on any atom is -0.335 e. The number of aryl methyl sites for hydroxylation is 1. The van der Waals surface area contributed by atoms with Gasteiger partial charge >= 0.3 is 6.18 Å². The van der Waals surface area contributed by atoms with Crippen LogP contribution < -0.4 is 0 Å². The maximum Gasteiger partial charge on any atom is 0.416 e. The smallest absolute Gasteiger partial charge is 0.335 e. The van der Waals surface area contributed by atoms with E-state index in [1.54, 1.807) is 23.1 Å². The molecule has 170 valence electrons. The number of fused-ring (bicyclic) bond motifs is 1. The summed E-state index contributed by atoms with van der Waals surface area (Å²) in [6.45, 7) is 3.98. The number of amides is 1. The SMILES string of the molecule is Cc1ccc2c(c1)cc(C(=O)N1CCN(C)CC1)n2S(=O)(=O)c1cccc(C(F)(F)F)c1. The van der Waals surface area contributed by atoms with Crippen molar-refractivity contribution in [2.45, 2.75) is 18.0 Å². The molecule has 32 heavy (non-hydrogen) atoms. The van der Waals surface area contributed by atoms with E-state index in [1.807, 2.05) is 14.0 Å². The molecular formula is C22H22F3N3O3S. The molecule has 0 atom stereocenters. The molecule has 0 N–H and O–H groups in total. The van der Waals surface area contributed by atoms with Crippen LogP contribution >= 0.6 is 0 Å². The summed E-state index contributed by atoms with van der Waals surface area (Å²) < 4.78 is 67.6. The summed E-state index contributed by atoms with van der Waals surface area (Å²) in [4.78, 5) is 16.4. The van der Waals surface area contributed by atoms with Gasteiger partial charge < -0.3 is 9.80 Å². The second-order valence-electron chi connectivity index (χ2n) is 7.98. The number of carbonyl (C=O) groups excluding carboxylic acids is 1. The number of alkyl halides is 3. The molecule has 1 aromatic heterocycles. The number of likely N-dealkylation sites (N-methyl/N-ethyl adjacent to an activating group) is 1. The average molecular weight is 465 g/mol. The van der Waals surface area contributed by atoms with E-state index in [1.165, 1.54) is 6.07 Å². The summed E-state index contributed by atoms with van der Waals surface area (Å²) in [5.74, 6) is -0.470. The van der Waals surface area contributed by atoms with E-state index >= 15 is 0 Å². The Morgan fingerprint density at radius 2 is 1.66 bits per heavy atom. The Balaban J connectivity index is 1.89. The number of carbonyl (C=O) groups is 1. The maximum atomic E-state index is 13.5. The standard InChI is InChI=1S/C22H22F3N3O3S/c1-15-6-7-19-16(12-15)13-20(21(29)27-10-8-26(2)9-11-27)28(19)32(30,31)18-5-3-4-17(14-18)22(23,24)25/h3-7,12-14H,8-11H2,1-2H3. The van der Waals surface area contributed by atoms with Crippen molar-refractivity contribution < 1.29 is 26.4 Å². The normalized spacial score (nSPS) is 16.0. The molecule has 4 rings (SSSR count). The van der Waals surface area contributed by atoms with Crippen LogP contribution in [0.3, 0.4) is 0 Å². The molecule has 0 unspecified atom stereocenters. The molecule has 2 heterocycles. The highest BCUT2D eigenvalue weighted by molar-refractivity contribution is 7.90. The van der Waals surface area contributed by atoms with Crippen LogP contribution in [-0.2, 0) is 16.2 Å². The predicted octanol–water partition coefficient (Wildman–Crippen LogP) is 3.59. The van der Waals surface area contributed by atoms with E-state index in [0.29, 0.717) is 37.6 Å². The van der Waals surface area contributed by atoms with Gasteiger partial charge in [0.2, 0.25) is 0 Å². The number of benzene rings is 2. The summed E-state index contributed by atoms with van der Waals surface area (Å²) in [5.41, 5.74) is -0.0550. The molecular weight excluding hydrogens is 443 g/mol. The van der Waals surface area contributed by atoms with Crippen LogP contribution in [0.5, 0.6) is 0 Å². The fourth-order valence-corrected chi connectivity index (χ4v) is 5.38. The quantitative estimate of drug-likeness (QED) is 0.593. The molecule has 0 saturated carbocycles. The first kappa shape index (κ1) is 22.3. The molecule has 10 heteroatoms. The molecule has 0 bridgehead atoms. The molecule has 1 aliphatic heterocycles. The first-order valence-corrected chi connectivity index (χ1v) is 11.5. The fourth-order valence-electron chi connectivity index (χ4n) is 3.83. The highest BCUT2D eigenvalue weighted by Gasteiger charge is 2.34. The van der Waals surface area contributed by atoms with Crippen LogP contribution in [0.25, 0.3) is 10.9 Å². The lowest BCUT2D eigenvalue weighted by Crippen LogP contribution is -2.47. The molecule has 1 saturated heterocycles. The molecule has 1 amide bonds. The van der Waals surface area contributed by atoms with Gasteiger partial charge in [-0.3, -0.25) is 4.79 Å². The molecule has 3 aromatic rings. The van der Waals surface area contributed by atoms with E-state index in [9.17, 15) is 26.4 Å². The third-order valence-electron chi connectivity index (χ3n) is 5.62. The molecule has 6 nitrogen and oxygen atoms in total. The summed E-state index contributed by atoms with van der Waals surface area (Å²) in [6, 6.07) is 10.1. The van der Waals surface area contributed by atoms with Crippen LogP contribution in [0.4, 0.5) is 13.2 Å². The topological polar surface area (TPSA) is 62.6 Å². The fraction of sp³-hybridized carbons (Fsp3) is 0.318. The van der Waals surface area contributed by atoms with Gasteiger partial charge in [0, 0.05) is 31.6 Å². The zero-order valence-electron chi connectivity index (χ0n) is 17.6. The van der Waals surface area contributed by atoms with Gasteiger partial charge in [0.1, 0.15) is 5.69 Å². The van der Waals surface area contributed by atoms with Crippen molar-refractivity contribution in [2.75, 3.05) is 33.2 Å². The Morgan fingerprint density at radius 3 is 2.31 bits per heavy atom. The summed E-state index contributed by atoms with van der Waals surface area (Å²) >= 11 is 0. The summed E-state index contributed by atoms with van der Waals surface area (Å²) in [5, 5.41) is 0.526. The monoisotopic (exact) mass is 465 g/mol. The van der Waals surface area contributed by atoms with E-state index in [-0.39, 0.29) is 11.2 Å². The van der Waals surface area contributed by atoms with Gasteiger partial charge in [-0.2, -0.15) is 13.2 Å². The van der Waals surface area contributed by atoms with Crippen molar-refractivity contribution >= 4 is 26.8 Å². The highest BCUT2D eigenvalue weighted by Crippen LogP contribution is 2.33. The van der Waals surface area contributed by atoms with Crippen LogP contribution in [0.15, 0.2) is 53.4 Å². The molecule has 1 fully saturated rings. The Kier molecular flexibility index (Phi) is 5.54. The van der Waals surface area contributed by atoms with Crippen LogP contribution in [0.1, 0.15) is 21.6 Å². The number of hydrogen-bond acceptors (Lipinski definition) is 4. The molecule has 0 spiro atoms. The van der Waals surface area contributed by atoms with Gasteiger partial charge in [-0.1, -0.05) is 17.7 Å². The highest BCUT2D eigenvalue weighted by atomic mass is 32.2. The van der Waals surface area contributed by atoms with Crippen molar-refractivity contribution in [2.24, 2.45) is 0 Å². The zero-order valence-corrected chi connectivity index (χ0v) is 18.4. The van der Waals surface area contributed by atoms with Gasteiger partial charge in [0.05, 0.1) is 16.0 Å². The van der Waals surface area contributed by atoms with Crippen LogP contribution in [0, 0.1) is 6.92 Å². The molecule has 2 aromatic carbocycles. The number of nitrogens with zero attached hydrogens (tertiary/aromatic N) is 3. The van der Waals surface area contributed by atoms with Gasteiger partial charge in [-0.15, -0.1) is 0 Å². The molecule has 0 aliphatic carbocycles. The Bertz CT molecular complexity index is 1290. The maximum absolute atomic E-state index is 13.5. The van der Waals surface area contributed by atoms with Gasteiger partial charge in [-0.05, 0) is 50.4 Å². The summed E-state index contributed by atoms with van der Waals surface area (Å²) in [7, 11) is -2.55. The van der Waals surface area contributed by atoms with Crippen LogP contribution in [0.2, 0.25) is 0 Å². The average Bonchev–Trinajstić information content (AvgIpc) is 3.12. The minimum atomic E-state index is -4.69. The number of rotatable bonds is 3. The van der Waals surface area contributed by atoms with Crippen molar-refractivity contribution in [3.05, 3.63) is 65.4 Å². The summed E-state index contributed by atoms with van der Waals surface area (Å²) in [6.07, 6.45) is -4.69. The largest absolute Gasteiger partial charge is 0.416 e. The molecule has 1 aliphatic rings. The third kappa shape index (κ3) is 4.00. The Hall–Kier alpha value is -2.85. The first-order valence-electron chi connectivity index (χ1n) is 10.0. The lowest BCUT2D eigenvalue weighted by molar-refractivity contribution is -0.137. The van der Waals surface area contributed by atoms with E-state index in [2.05, 4.69) is 4.90 Å². The number of hydrogen-bond donors (Lipinski definition) is 0. The number of piperazine rings is 1. The Labute approximate surface area is 183 Å². The van der Waals surface area contributed by atoms with E-state index < -0.39 is 32.6 Å². The van der Waals surface area contributed by atoms with Crippen molar-refractivity contribution in [3.63, 3.8) is 0 Å². The lowest BCUT2D eigenvalue weighted by Gasteiger charge is -2.32. The number of aromatic nitrogens is 1. The number of halogens is 3. The molecule has 0 radical (unpaired) electrons. The minimum absolute atomic E-state index is 0.0902. The third-order valence-corrected chi connectivity index (χ3v) is 7.35. The Morgan fingerprint density at radius 1 is 0.969 bits per heavy atom. The first-order chi connectivity index (χ1) is 15.0. The van der Waals surface area contributed by atoms with Gasteiger partial charge in [0.15, 0.2) is 0 Å². The second-order valence-corrected chi connectivity index (χ2v) is 9.77. The lowest BCUT2D eigenvalue weighted by atomic mass is 10.2. The van der Waals surface area contributed by atoms with Gasteiger partial charge in [0.25, 0.3) is 15.9 Å². The zero-order chi connectivity index (χ0) is 23.3. The van der Waals surface area contributed by atoms with Crippen molar-refractivity contribution in [1.82, 2.24) is 13.8 Å². The van der Waals surface area contributed by atoms with Crippen LogP contribution in [-0.4, -0.2) is 61.3 Å². The predicted molar refractivity (Wildman–Crippen MR) is 114 cm³/mol. The van der Waals surface area contributed by atoms with E-state index in [4.69, 9.17) is 0 Å².